The van der Waals surface area contributed by atoms with E-state index >= 15 is 0 Å². The van der Waals surface area contributed by atoms with E-state index in [1.165, 1.54) is 53.5 Å². The molecule has 4 rings (SSSR count). The molecule has 0 fully saturated rings. The van der Waals surface area contributed by atoms with Crippen LogP contribution < -0.4 is 4.74 Å². The van der Waals surface area contributed by atoms with E-state index in [0.717, 1.165) is 51.1 Å². The van der Waals surface area contributed by atoms with Crippen LogP contribution in [-0.4, -0.2) is 35.7 Å². The zero-order chi connectivity index (χ0) is 33.3. The quantitative estimate of drug-likeness (QED) is 0.0761. The largest absolute Gasteiger partial charge is 0.494 e. The van der Waals surface area contributed by atoms with Crippen molar-refractivity contribution in [1.29, 1.82) is 0 Å². The summed E-state index contributed by atoms with van der Waals surface area (Å²) in [5.74, 6) is 0.795. The first-order valence-electron chi connectivity index (χ1n) is 17.6. The zero-order valence-electron chi connectivity index (χ0n) is 29.1. The van der Waals surface area contributed by atoms with Crippen molar-refractivity contribution < 1.29 is 14.3 Å². The number of hydrogen-bond acceptors (Lipinski definition) is 4. The zero-order valence-corrected chi connectivity index (χ0v) is 29.1. The fourth-order valence-electron chi connectivity index (χ4n) is 5.95. The molecule has 0 aliphatic rings. The summed E-state index contributed by atoms with van der Waals surface area (Å²) in [7, 11) is 0. The average Bonchev–Trinajstić information content (AvgIpc) is 3.07. The molecule has 0 aliphatic heterocycles. The molecule has 4 heteroatoms. The van der Waals surface area contributed by atoms with Gasteiger partial charge >= 0.3 is 5.97 Å². The fraction of sp³-hybridized carbons (Fsp3) is 0.419. The van der Waals surface area contributed by atoms with Gasteiger partial charge in [-0.15, -0.1) is 0 Å². The van der Waals surface area contributed by atoms with E-state index in [4.69, 9.17) is 9.47 Å². The van der Waals surface area contributed by atoms with E-state index < -0.39 is 5.60 Å². The van der Waals surface area contributed by atoms with Crippen LogP contribution in [0.5, 0.6) is 5.75 Å². The molecule has 1 atom stereocenters. The Morgan fingerprint density at radius 2 is 1.26 bits per heavy atom. The Hall–Kier alpha value is -3.89. The molecule has 0 radical (unpaired) electrons. The Balaban J connectivity index is 1.42. The normalized spacial score (nSPS) is 12.2. The molecule has 4 nitrogen and oxygen atoms in total. The third-order valence-electron chi connectivity index (χ3n) is 8.52. The van der Waals surface area contributed by atoms with E-state index in [1.807, 2.05) is 20.8 Å². The topological polar surface area (TPSA) is 38.8 Å². The maximum Gasteiger partial charge on any atom is 0.307 e. The number of rotatable bonds is 19. The number of esters is 1. The highest BCUT2D eigenvalue weighted by atomic mass is 16.6. The lowest BCUT2D eigenvalue weighted by Crippen LogP contribution is -2.39. The molecule has 0 saturated heterocycles. The lowest BCUT2D eigenvalue weighted by molar-refractivity contribution is -0.156. The van der Waals surface area contributed by atoms with Crippen LogP contribution >= 0.6 is 0 Å². The second-order valence-electron chi connectivity index (χ2n) is 13.7. The molecule has 0 spiro atoms. The standard InChI is InChI=1S/C43H55NO3/c1-5-6-7-8-15-32-46-41-28-25-39(26-29-41)38-23-20-36(21-24-38)22-27-40(33-42(45)47-43(2,3)4)44(34-37-18-13-10-14-19-37)31-30-35-16-11-9-12-17-35/h9-14,16-21,23-26,28-29,40H,5-8,15,22,27,30-34H2,1-4H3/t40-/m1/s1. The summed E-state index contributed by atoms with van der Waals surface area (Å²) in [4.78, 5) is 15.7. The fourth-order valence-corrected chi connectivity index (χ4v) is 5.95. The van der Waals surface area contributed by atoms with Gasteiger partial charge in [-0.3, -0.25) is 9.69 Å². The smallest absolute Gasteiger partial charge is 0.307 e. The summed E-state index contributed by atoms with van der Waals surface area (Å²) in [6, 6.07) is 38.6. The molecule has 0 aromatic heterocycles. The summed E-state index contributed by atoms with van der Waals surface area (Å²) >= 11 is 0. The van der Waals surface area contributed by atoms with Gasteiger partial charge in [0, 0.05) is 19.1 Å². The summed E-state index contributed by atoms with van der Waals surface area (Å²) in [5, 5.41) is 0. The number of carbonyl (C=O) groups excluding carboxylic acids is 1. The van der Waals surface area contributed by atoms with Gasteiger partial charge in [0.2, 0.25) is 0 Å². The number of benzene rings is 4. The monoisotopic (exact) mass is 633 g/mol. The van der Waals surface area contributed by atoms with Crippen molar-refractivity contribution >= 4 is 5.97 Å². The second-order valence-corrected chi connectivity index (χ2v) is 13.7. The molecule has 4 aromatic rings. The summed E-state index contributed by atoms with van der Waals surface area (Å²) in [6.45, 7) is 10.5. The van der Waals surface area contributed by atoms with E-state index in [1.54, 1.807) is 0 Å². The number of nitrogens with zero attached hydrogens (tertiary/aromatic N) is 1. The molecule has 0 amide bonds. The minimum atomic E-state index is -0.510. The van der Waals surface area contributed by atoms with Gasteiger partial charge in [0.25, 0.3) is 0 Å². The van der Waals surface area contributed by atoms with Gasteiger partial charge in [0.1, 0.15) is 11.4 Å². The first kappa shape index (κ1) is 36.0. The molecule has 250 valence electrons. The molecule has 4 aromatic carbocycles. The van der Waals surface area contributed by atoms with Crippen molar-refractivity contribution in [3.8, 4) is 16.9 Å². The molecular formula is C43H55NO3. The van der Waals surface area contributed by atoms with E-state index in [9.17, 15) is 4.79 Å². The van der Waals surface area contributed by atoms with Crippen LogP contribution in [0.4, 0.5) is 0 Å². The Morgan fingerprint density at radius 1 is 0.681 bits per heavy atom. The Bertz CT molecular complexity index is 1430. The van der Waals surface area contributed by atoms with Gasteiger partial charge in [0.15, 0.2) is 0 Å². The van der Waals surface area contributed by atoms with Crippen LogP contribution in [0.1, 0.15) is 89.3 Å². The molecule has 0 N–H and O–H groups in total. The van der Waals surface area contributed by atoms with Crippen molar-refractivity contribution in [2.75, 3.05) is 13.2 Å². The molecule has 0 bridgehead atoms. The molecular weight excluding hydrogens is 578 g/mol. The highest BCUT2D eigenvalue weighted by molar-refractivity contribution is 5.70. The number of aryl methyl sites for hydroxylation is 1. The van der Waals surface area contributed by atoms with Gasteiger partial charge in [0.05, 0.1) is 13.0 Å². The van der Waals surface area contributed by atoms with Crippen LogP contribution in [0.15, 0.2) is 109 Å². The highest BCUT2D eigenvalue weighted by Gasteiger charge is 2.25. The minimum Gasteiger partial charge on any atom is -0.494 e. The summed E-state index contributed by atoms with van der Waals surface area (Å²) in [5.41, 5.74) is 5.70. The van der Waals surface area contributed by atoms with Crippen LogP contribution in [0.25, 0.3) is 11.1 Å². The van der Waals surface area contributed by atoms with Crippen molar-refractivity contribution in [2.45, 2.75) is 104 Å². The lowest BCUT2D eigenvalue weighted by atomic mass is 9.98. The lowest BCUT2D eigenvalue weighted by Gasteiger charge is -2.32. The van der Waals surface area contributed by atoms with Crippen LogP contribution in [0.3, 0.4) is 0 Å². The molecule has 0 unspecified atom stereocenters. The van der Waals surface area contributed by atoms with E-state index in [2.05, 4.69) is 121 Å². The summed E-state index contributed by atoms with van der Waals surface area (Å²) < 4.78 is 11.8. The first-order chi connectivity index (χ1) is 22.8. The number of hydrogen-bond donors (Lipinski definition) is 0. The van der Waals surface area contributed by atoms with Gasteiger partial charge in [-0.05, 0) is 86.4 Å². The van der Waals surface area contributed by atoms with Crippen molar-refractivity contribution in [1.82, 2.24) is 4.90 Å². The minimum absolute atomic E-state index is 0.0487. The Kier molecular flexibility index (Phi) is 14.6. The van der Waals surface area contributed by atoms with E-state index in [-0.39, 0.29) is 12.0 Å². The van der Waals surface area contributed by atoms with E-state index in [0.29, 0.717) is 6.42 Å². The third kappa shape index (κ3) is 13.4. The number of carbonyl (C=O) groups is 1. The second kappa shape index (κ2) is 19.1. The Morgan fingerprint density at radius 3 is 1.87 bits per heavy atom. The molecule has 0 saturated carbocycles. The first-order valence-corrected chi connectivity index (χ1v) is 17.6. The maximum atomic E-state index is 13.2. The Labute approximate surface area is 284 Å². The SMILES string of the molecule is CCCCCCCOc1ccc(-c2ccc(CC[C@H](CC(=O)OC(C)(C)C)N(CCc3ccccc3)Cc3ccccc3)cc2)cc1. The third-order valence-corrected chi connectivity index (χ3v) is 8.52. The van der Waals surface area contributed by atoms with Crippen LogP contribution in [-0.2, 0) is 28.9 Å². The van der Waals surface area contributed by atoms with Gasteiger partial charge < -0.3 is 9.47 Å². The number of ether oxygens (including phenoxy) is 2. The van der Waals surface area contributed by atoms with Crippen molar-refractivity contribution in [3.05, 3.63) is 126 Å². The average molecular weight is 634 g/mol. The van der Waals surface area contributed by atoms with Gasteiger partial charge in [-0.25, -0.2) is 0 Å². The highest BCUT2D eigenvalue weighted by Crippen LogP contribution is 2.25. The van der Waals surface area contributed by atoms with Gasteiger partial charge in [-0.2, -0.15) is 0 Å². The predicted octanol–water partition coefficient (Wildman–Crippen LogP) is 10.5. The maximum absolute atomic E-state index is 13.2. The molecule has 0 heterocycles. The van der Waals surface area contributed by atoms with Crippen LogP contribution in [0.2, 0.25) is 0 Å². The van der Waals surface area contributed by atoms with Crippen molar-refractivity contribution in [3.63, 3.8) is 0 Å². The molecule has 0 aliphatic carbocycles. The predicted molar refractivity (Wildman–Crippen MR) is 196 cm³/mol. The molecule has 47 heavy (non-hydrogen) atoms. The number of unbranched alkanes of at least 4 members (excludes halogenated alkanes) is 4. The van der Waals surface area contributed by atoms with Gasteiger partial charge in [-0.1, -0.05) is 130 Å². The summed E-state index contributed by atoms with van der Waals surface area (Å²) in [6.07, 6.45) is 9.25. The van der Waals surface area contributed by atoms with Crippen molar-refractivity contribution in [2.24, 2.45) is 0 Å². The van der Waals surface area contributed by atoms with Crippen LogP contribution in [0, 0.1) is 0 Å².